The van der Waals surface area contributed by atoms with E-state index >= 15 is 0 Å². The fourth-order valence-electron chi connectivity index (χ4n) is 10.7. The highest BCUT2D eigenvalue weighted by molar-refractivity contribution is 6.16. The molecule has 0 unspecified atom stereocenters. The molecule has 0 radical (unpaired) electrons. The third-order valence-electron chi connectivity index (χ3n) is 14.0. The van der Waals surface area contributed by atoms with Crippen molar-refractivity contribution in [2.45, 2.75) is 0 Å². The molecule has 3 heteroatoms. The first-order valence-corrected chi connectivity index (χ1v) is 23.3. The standard InChI is InChI=1S/C65H40N2O/c1-3-13-55-41(9-1)19-21-44-11-7-16-57(63(44)55)50-25-23-48-39-53(33-29-46(48)37-50)67(52-31-27-43(28-32-52)61-36-35-60-59-15-5-6-18-62(59)68-65(60)66-61)54-34-30-47-38-51(26-24-49(47)40-54)58-17-8-12-45-22-20-42-10-2-4-14-56(42)64(45)58/h1-40H. The summed E-state index contributed by atoms with van der Waals surface area (Å²) in [7, 11) is 0. The van der Waals surface area contributed by atoms with Gasteiger partial charge < -0.3 is 9.32 Å². The molecule has 2 aromatic heterocycles. The number of benzene rings is 12. The first kappa shape index (κ1) is 38.2. The van der Waals surface area contributed by atoms with Crippen molar-refractivity contribution in [1.29, 1.82) is 0 Å². The summed E-state index contributed by atoms with van der Waals surface area (Å²) in [4.78, 5) is 7.35. The summed E-state index contributed by atoms with van der Waals surface area (Å²) >= 11 is 0. The van der Waals surface area contributed by atoms with Crippen molar-refractivity contribution in [2.75, 3.05) is 4.90 Å². The van der Waals surface area contributed by atoms with Crippen LogP contribution in [0.2, 0.25) is 0 Å². The fourth-order valence-corrected chi connectivity index (χ4v) is 10.7. The quantitative estimate of drug-likeness (QED) is 0.156. The molecule has 2 heterocycles. The molecular formula is C65H40N2O. The molecule has 68 heavy (non-hydrogen) atoms. The summed E-state index contributed by atoms with van der Waals surface area (Å²) in [5.41, 5.74) is 11.5. The Hall–Kier alpha value is -9.05. The molecule has 0 aliphatic carbocycles. The molecule has 0 spiro atoms. The lowest BCUT2D eigenvalue weighted by Gasteiger charge is -2.26. The number of fused-ring (bicyclic) bond motifs is 11. The Morgan fingerprint density at radius 2 is 0.750 bits per heavy atom. The maximum atomic E-state index is 6.18. The molecular weight excluding hydrogens is 825 g/mol. The molecule has 0 N–H and O–H groups in total. The molecule has 0 fully saturated rings. The van der Waals surface area contributed by atoms with Gasteiger partial charge in [-0.3, -0.25) is 0 Å². The van der Waals surface area contributed by atoms with Crippen LogP contribution in [0.4, 0.5) is 17.1 Å². The molecule has 0 amide bonds. The van der Waals surface area contributed by atoms with E-state index in [0.717, 1.165) is 44.7 Å². The van der Waals surface area contributed by atoms with Crippen LogP contribution in [-0.4, -0.2) is 4.98 Å². The molecule has 0 bridgehead atoms. The average Bonchev–Trinajstić information content (AvgIpc) is 3.78. The lowest BCUT2D eigenvalue weighted by molar-refractivity contribution is 0.654. The third-order valence-corrected chi connectivity index (χ3v) is 14.0. The molecule has 12 aromatic carbocycles. The van der Waals surface area contributed by atoms with Crippen LogP contribution >= 0.6 is 0 Å². The van der Waals surface area contributed by atoms with Crippen molar-refractivity contribution in [3.05, 3.63) is 243 Å². The smallest absolute Gasteiger partial charge is 0.227 e. The van der Waals surface area contributed by atoms with Crippen molar-refractivity contribution < 1.29 is 4.42 Å². The van der Waals surface area contributed by atoms with E-state index < -0.39 is 0 Å². The first-order valence-electron chi connectivity index (χ1n) is 23.3. The lowest BCUT2D eigenvalue weighted by Crippen LogP contribution is -2.10. The maximum Gasteiger partial charge on any atom is 0.227 e. The molecule has 0 saturated heterocycles. The van der Waals surface area contributed by atoms with E-state index in [1.54, 1.807) is 0 Å². The molecule has 0 aliphatic heterocycles. The molecule has 3 nitrogen and oxygen atoms in total. The average molecular weight is 865 g/mol. The van der Waals surface area contributed by atoms with E-state index in [-0.39, 0.29) is 0 Å². The molecule has 0 atom stereocenters. The van der Waals surface area contributed by atoms with Crippen LogP contribution in [0.25, 0.3) is 120 Å². The monoisotopic (exact) mass is 864 g/mol. The van der Waals surface area contributed by atoms with Gasteiger partial charge >= 0.3 is 0 Å². The van der Waals surface area contributed by atoms with Crippen molar-refractivity contribution >= 4 is 104 Å². The topological polar surface area (TPSA) is 29.3 Å². The van der Waals surface area contributed by atoms with Gasteiger partial charge in [-0.25, -0.2) is 4.98 Å². The van der Waals surface area contributed by atoms with Crippen LogP contribution in [0.3, 0.4) is 0 Å². The highest BCUT2D eigenvalue weighted by atomic mass is 16.3. The predicted octanol–water partition coefficient (Wildman–Crippen LogP) is 18.4. The zero-order valence-corrected chi connectivity index (χ0v) is 36.9. The zero-order valence-electron chi connectivity index (χ0n) is 36.9. The van der Waals surface area contributed by atoms with Crippen molar-refractivity contribution in [2.24, 2.45) is 0 Å². The highest BCUT2D eigenvalue weighted by Crippen LogP contribution is 2.42. The Kier molecular flexibility index (Phi) is 8.59. The van der Waals surface area contributed by atoms with Crippen LogP contribution in [0.5, 0.6) is 0 Å². The van der Waals surface area contributed by atoms with Gasteiger partial charge in [-0.1, -0.05) is 176 Å². The number of para-hydroxylation sites is 1. The van der Waals surface area contributed by atoms with Gasteiger partial charge in [0, 0.05) is 33.4 Å². The normalized spacial score (nSPS) is 11.8. The highest BCUT2D eigenvalue weighted by Gasteiger charge is 2.17. The number of hydrogen-bond acceptors (Lipinski definition) is 3. The number of hydrogen-bond donors (Lipinski definition) is 0. The Morgan fingerprint density at radius 3 is 1.35 bits per heavy atom. The second-order valence-corrected chi connectivity index (χ2v) is 17.9. The van der Waals surface area contributed by atoms with Gasteiger partial charge in [-0.05, 0) is 154 Å². The number of furan rings is 1. The molecule has 316 valence electrons. The third kappa shape index (κ3) is 6.25. The number of anilines is 3. The van der Waals surface area contributed by atoms with Crippen molar-refractivity contribution in [3.63, 3.8) is 0 Å². The van der Waals surface area contributed by atoms with E-state index in [1.165, 1.54) is 86.9 Å². The van der Waals surface area contributed by atoms with Gasteiger partial charge in [0.2, 0.25) is 5.71 Å². The second-order valence-electron chi connectivity index (χ2n) is 17.9. The Balaban J connectivity index is 0.877. The van der Waals surface area contributed by atoms with Gasteiger partial charge in [-0.2, -0.15) is 0 Å². The minimum Gasteiger partial charge on any atom is -0.438 e. The zero-order chi connectivity index (χ0) is 44.7. The lowest BCUT2D eigenvalue weighted by atomic mass is 9.92. The summed E-state index contributed by atoms with van der Waals surface area (Å²) in [6.07, 6.45) is 0. The van der Waals surface area contributed by atoms with Crippen LogP contribution in [-0.2, 0) is 0 Å². The molecule has 14 rings (SSSR count). The van der Waals surface area contributed by atoms with Gasteiger partial charge in [0.05, 0.1) is 5.69 Å². The SMILES string of the molecule is c1ccc2c(c1)ccc1cccc(-c3ccc4cc(N(c5ccc(-c6ccc7c(n6)oc6ccccc67)cc5)c5ccc6cc(-c7cccc8ccc9ccccc9c78)ccc6c5)ccc4c3)c12. The van der Waals surface area contributed by atoms with E-state index in [1.807, 2.05) is 18.2 Å². The first-order chi connectivity index (χ1) is 33.7. The van der Waals surface area contributed by atoms with E-state index in [9.17, 15) is 0 Å². The number of nitrogens with zero attached hydrogens (tertiary/aromatic N) is 2. The summed E-state index contributed by atoms with van der Waals surface area (Å²) in [6.45, 7) is 0. The number of aromatic nitrogens is 1. The van der Waals surface area contributed by atoms with Crippen molar-refractivity contribution in [3.8, 4) is 33.5 Å². The largest absolute Gasteiger partial charge is 0.438 e. The fraction of sp³-hybridized carbons (Fsp3) is 0. The molecule has 14 aromatic rings. The maximum absolute atomic E-state index is 6.18. The second kappa shape index (κ2) is 15.3. The molecule has 0 saturated carbocycles. The predicted molar refractivity (Wildman–Crippen MR) is 288 cm³/mol. The summed E-state index contributed by atoms with van der Waals surface area (Å²) in [5.74, 6) is 0. The van der Waals surface area contributed by atoms with Crippen molar-refractivity contribution in [1.82, 2.24) is 4.98 Å². The van der Waals surface area contributed by atoms with Gasteiger partial charge in [0.25, 0.3) is 0 Å². The summed E-state index contributed by atoms with van der Waals surface area (Å²) in [5, 5.41) is 17.0. The van der Waals surface area contributed by atoms with Crippen LogP contribution < -0.4 is 4.90 Å². The van der Waals surface area contributed by atoms with Crippen LogP contribution in [0.1, 0.15) is 0 Å². The van der Waals surface area contributed by atoms with E-state index in [4.69, 9.17) is 9.40 Å². The Bertz CT molecular complexity index is 4130. The van der Waals surface area contributed by atoms with Crippen LogP contribution in [0.15, 0.2) is 247 Å². The van der Waals surface area contributed by atoms with E-state index in [0.29, 0.717) is 5.71 Å². The minimum atomic E-state index is 0.649. The molecule has 0 aliphatic rings. The summed E-state index contributed by atoms with van der Waals surface area (Å²) in [6, 6.07) is 88.2. The van der Waals surface area contributed by atoms with Crippen LogP contribution in [0, 0.1) is 0 Å². The Labute approximate surface area is 392 Å². The summed E-state index contributed by atoms with van der Waals surface area (Å²) < 4.78 is 6.18. The Morgan fingerprint density at radius 1 is 0.294 bits per heavy atom. The van der Waals surface area contributed by atoms with E-state index in [2.05, 4.69) is 229 Å². The number of rotatable bonds is 6. The van der Waals surface area contributed by atoms with Gasteiger partial charge in [-0.15, -0.1) is 0 Å². The number of pyridine rings is 1. The van der Waals surface area contributed by atoms with Gasteiger partial charge in [0.15, 0.2) is 0 Å². The minimum absolute atomic E-state index is 0.649. The van der Waals surface area contributed by atoms with Gasteiger partial charge in [0.1, 0.15) is 5.58 Å².